The summed E-state index contributed by atoms with van der Waals surface area (Å²) in [6.45, 7) is 19.8. The first kappa shape index (κ1) is 45.9. The monoisotopic (exact) mass is 893 g/mol. The van der Waals surface area contributed by atoms with E-state index in [4.69, 9.17) is 23.9 Å². The van der Waals surface area contributed by atoms with Crippen molar-refractivity contribution in [1.82, 2.24) is 40.4 Å². The van der Waals surface area contributed by atoms with E-state index in [0.717, 1.165) is 102 Å². The number of rotatable bonds is 11. The highest BCUT2D eigenvalue weighted by Gasteiger charge is 2.40. The summed E-state index contributed by atoms with van der Waals surface area (Å²) in [5, 5.41) is 7.90. The number of likely N-dealkylation sites (tertiary alicyclic amines) is 2. The van der Waals surface area contributed by atoms with Crippen LogP contribution in [0.4, 0.5) is 9.59 Å². The Kier molecular flexibility index (Phi) is 12.7. The maximum Gasteiger partial charge on any atom is 0.408 e. The van der Waals surface area contributed by atoms with E-state index in [1.165, 1.54) is 5.56 Å². The number of hydrogen-bond donors (Lipinski definition) is 4. The number of hydrogen-bond acceptors (Lipinski definition) is 9. The molecule has 65 heavy (non-hydrogen) atoms. The smallest absolute Gasteiger partial charge is 0.408 e. The second kappa shape index (κ2) is 18.0. The van der Waals surface area contributed by atoms with Gasteiger partial charge in [-0.25, -0.2) is 19.6 Å². The van der Waals surface area contributed by atoms with Gasteiger partial charge in [0.05, 0.1) is 24.0 Å². The van der Waals surface area contributed by atoms with Gasteiger partial charge in [-0.3, -0.25) is 9.59 Å². The van der Waals surface area contributed by atoms with E-state index in [1.807, 2.05) is 76.7 Å². The molecule has 3 fully saturated rings. The number of furan rings is 2. The summed E-state index contributed by atoms with van der Waals surface area (Å²) in [5.41, 5.74) is 4.67. The molecule has 2 aliphatic heterocycles. The molecule has 8 rings (SSSR count). The molecule has 15 heteroatoms. The highest BCUT2D eigenvalue weighted by atomic mass is 16.6. The number of aromatic amines is 2. The summed E-state index contributed by atoms with van der Waals surface area (Å²) >= 11 is 0. The van der Waals surface area contributed by atoms with E-state index >= 15 is 0 Å². The van der Waals surface area contributed by atoms with Gasteiger partial charge in [-0.2, -0.15) is 0 Å². The molecule has 4 atom stereocenters. The predicted octanol–water partition coefficient (Wildman–Crippen LogP) is 10.0. The molecule has 0 unspecified atom stereocenters. The molecular formula is C50H68N8O7. The largest absolute Gasteiger partial charge is 0.456 e. The third kappa shape index (κ3) is 9.70. The Morgan fingerprint density at radius 3 is 1.68 bits per heavy atom. The Bertz CT molecular complexity index is 2500. The Labute approximate surface area is 381 Å². The SMILES string of the molecule is CC(C)[C@H](NC(=O)OC(C)(C)C)C(=O)N1CCC[C@H]1c1ncc(-c2ccc(C3CCC(c4cnc([C@@H]5CCCN5C(=O)[C@@H](NC(=O)OC(C)(C)C)C(C)C)[nH]4)CC3)c3c4ccc(o4)c23)[nH]1. The van der Waals surface area contributed by atoms with E-state index in [1.54, 1.807) is 20.8 Å². The fourth-order valence-electron chi connectivity index (χ4n) is 10.3. The standard InChI is InChI=1S/C50H68N8O7/c1-27(2)41(55-47(61)64-49(5,6)7)45(59)57-23-11-13-35(57)43-51-25-33(53-43)30-17-15-29(16-18-30)31-19-20-32(40-38-22-21-37(63-38)39(31)40)34-26-52-44(54-34)36-14-12-24-58(36)46(60)42(28(3)4)56-48(62)65-50(8,9)10/h19-22,25-30,35-36,41-42H,11-18,23-24H2,1-10H3,(H,51,53)(H,52,54)(H,55,61)(H,56,62)/t29?,30?,35-,36-,41-,42-/m0/s1. The van der Waals surface area contributed by atoms with Gasteiger partial charge in [0.15, 0.2) is 0 Å². The first-order chi connectivity index (χ1) is 30.8. The molecule has 3 aliphatic rings. The highest BCUT2D eigenvalue weighted by molar-refractivity contribution is 6.15. The summed E-state index contributed by atoms with van der Waals surface area (Å²) in [7, 11) is 0. The van der Waals surface area contributed by atoms with Crippen LogP contribution in [0, 0.1) is 11.8 Å². The lowest BCUT2D eigenvalue weighted by Crippen LogP contribution is -2.52. The average Bonchev–Trinajstić information content (AvgIpc) is 4.10. The molecule has 2 saturated heterocycles. The Morgan fingerprint density at radius 2 is 1.15 bits per heavy atom. The lowest BCUT2D eigenvalue weighted by atomic mass is 9.76. The molecule has 6 heterocycles. The molecule has 2 bridgehead atoms. The fraction of sp³-hybridized carbons (Fsp3) is 0.600. The molecule has 5 aromatic rings. The topological polar surface area (TPSA) is 188 Å². The molecule has 1 saturated carbocycles. The van der Waals surface area contributed by atoms with E-state index in [-0.39, 0.29) is 35.7 Å². The fourth-order valence-corrected chi connectivity index (χ4v) is 10.3. The van der Waals surface area contributed by atoms with E-state index < -0.39 is 35.5 Å². The van der Waals surface area contributed by atoms with Gasteiger partial charge in [-0.05, 0) is 128 Å². The second-order valence-electron chi connectivity index (χ2n) is 21.2. The molecule has 15 nitrogen and oxygen atoms in total. The minimum absolute atomic E-state index is 0.111. The van der Waals surface area contributed by atoms with E-state index in [2.05, 4.69) is 38.8 Å². The van der Waals surface area contributed by atoms with Crippen molar-refractivity contribution in [2.24, 2.45) is 11.8 Å². The number of H-pyrrole nitrogens is 2. The zero-order chi connectivity index (χ0) is 46.5. The van der Waals surface area contributed by atoms with Crippen molar-refractivity contribution in [2.75, 3.05) is 13.1 Å². The lowest BCUT2D eigenvalue weighted by Gasteiger charge is -2.31. The minimum atomic E-state index is -0.726. The van der Waals surface area contributed by atoms with Crippen LogP contribution in [-0.2, 0) is 19.1 Å². The van der Waals surface area contributed by atoms with E-state index in [0.29, 0.717) is 24.9 Å². The van der Waals surface area contributed by atoms with Gasteiger partial charge >= 0.3 is 12.2 Å². The number of benzene rings is 2. The number of aromatic nitrogens is 4. The third-order valence-electron chi connectivity index (χ3n) is 13.4. The third-order valence-corrected chi connectivity index (χ3v) is 13.4. The van der Waals surface area contributed by atoms with Crippen molar-refractivity contribution in [3.63, 3.8) is 0 Å². The molecular weight excluding hydrogens is 825 g/mol. The van der Waals surface area contributed by atoms with Gasteiger partial charge in [0.2, 0.25) is 11.8 Å². The van der Waals surface area contributed by atoms with Crippen molar-refractivity contribution in [2.45, 2.75) is 168 Å². The van der Waals surface area contributed by atoms with Gasteiger partial charge < -0.3 is 44.3 Å². The predicted molar refractivity (Wildman–Crippen MR) is 248 cm³/mol. The number of nitrogens with zero attached hydrogens (tertiary/aromatic N) is 4. The molecule has 0 spiro atoms. The Hall–Kier alpha value is -5.60. The molecule has 350 valence electrons. The van der Waals surface area contributed by atoms with Gasteiger partial charge in [0.1, 0.15) is 46.1 Å². The number of alkyl carbamates (subject to hydrolysis) is 2. The number of amides is 4. The minimum Gasteiger partial charge on any atom is -0.456 e. The van der Waals surface area contributed by atoms with Crippen molar-refractivity contribution >= 4 is 45.9 Å². The number of fused-ring (bicyclic) bond motifs is 5. The summed E-state index contributed by atoms with van der Waals surface area (Å²) in [6.07, 6.45) is 9.93. The van der Waals surface area contributed by atoms with Gasteiger partial charge in [0.25, 0.3) is 0 Å². The van der Waals surface area contributed by atoms with Crippen LogP contribution in [0.15, 0.2) is 41.1 Å². The summed E-state index contributed by atoms with van der Waals surface area (Å²) in [5.74, 6) is 1.71. The number of nitrogens with one attached hydrogen (secondary N) is 4. The molecule has 1 aromatic carbocycles. The number of imidazole rings is 2. The van der Waals surface area contributed by atoms with Crippen LogP contribution in [0.25, 0.3) is 33.2 Å². The van der Waals surface area contributed by atoms with Gasteiger partial charge in [-0.1, -0.05) is 39.8 Å². The maximum atomic E-state index is 14.0. The summed E-state index contributed by atoms with van der Waals surface area (Å²) in [4.78, 5) is 74.0. The second-order valence-corrected chi connectivity index (χ2v) is 21.2. The Balaban J connectivity index is 0.944. The van der Waals surface area contributed by atoms with Crippen LogP contribution in [0.1, 0.15) is 167 Å². The summed E-state index contributed by atoms with van der Waals surface area (Å²) in [6, 6.07) is 6.70. The molecule has 0 radical (unpaired) electrons. The number of carbonyl (C=O) groups is 4. The highest BCUT2D eigenvalue weighted by Crippen LogP contribution is 2.47. The van der Waals surface area contributed by atoms with Crippen LogP contribution >= 0.6 is 0 Å². The van der Waals surface area contributed by atoms with Crippen LogP contribution in [0.2, 0.25) is 0 Å². The van der Waals surface area contributed by atoms with Crippen molar-refractivity contribution < 1.29 is 33.1 Å². The quantitative estimate of drug-likeness (QED) is 0.100. The zero-order valence-electron chi connectivity index (χ0n) is 39.8. The lowest BCUT2D eigenvalue weighted by molar-refractivity contribution is -0.136. The normalized spacial score (nSPS) is 21.7. The summed E-state index contributed by atoms with van der Waals surface area (Å²) < 4.78 is 17.3. The van der Waals surface area contributed by atoms with Gasteiger partial charge in [0, 0.05) is 47.2 Å². The van der Waals surface area contributed by atoms with Crippen LogP contribution < -0.4 is 10.6 Å². The molecule has 4 N–H and O–H groups in total. The zero-order valence-corrected chi connectivity index (χ0v) is 39.8. The van der Waals surface area contributed by atoms with Crippen LogP contribution in [0.5, 0.6) is 0 Å². The van der Waals surface area contributed by atoms with Crippen molar-refractivity contribution in [3.05, 3.63) is 59.6 Å². The first-order valence-electron chi connectivity index (χ1n) is 23.7. The average molecular weight is 893 g/mol. The van der Waals surface area contributed by atoms with Crippen molar-refractivity contribution in [1.29, 1.82) is 0 Å². The molecule has 4 aromatic heterocycles. The molecule has 4 amide bonds. The Morgan fingerprint density at radius 1 is 0.662 bits per heavy atom. The first-order valence-corrected chi connectivity index (χ1v) is 23.7. The van der Waals surface area contributed by atoms with Crippen molar-refractivity contribution in [3.8, 4) is 11.3 Å². The number of ether oxygens (including phenoxy) is 2. The molecule has 1 aliphatic carbocycles. The maximum absolute atomic E-state index is 14.0. The van der Waals surface area contributed by atoms with Gasteiger partial charge in [-0.15, -0.1) is 0 Å². The van der Waals surface area contributed by atoms with Crippen LogP contribution in [-0.4, -0.2) is 90.1 Å². The van der Waals surface area contributed by atoms with E-state index in [9.17, 15) is 19.2 Å². The van der Waals surface area contributed by atoms with Crippen LogP contribution in [0.3, 0.4) is 0 Å². The number of carbonyl (C=O) groups excluding carboxylic acids is 4.